The van der Waals surface area contributed by atoms with E-state index in [0.29, 0.717) is 25.7 Å². The van der Waals surface area contributed by atoms with Crippen LogP contribution >= 0.6 is 0 Å². The molecule has 4 heteroatoms. The van der Waals surface area contributed by atoms with Gasteiger partial charge in [-0.05, 0) is 32.7 Å². The van der Waals surface area contributed by atoms with Crippen molar-refractivity contribution < 1.29 is 4.79 Å². The molecular weight excluding hydrogens is 190 g/mol. The Kier molecular flexibility index (Phi) is 5.65. The van der Waals surface area contributed by atoms with Gasteiger partial charge in [0.2, 0.25) is 5.91 Å². The van der Waals surface area contributed by atoms with Crippen LogP contribution in [-0.2, 0) is 4.79 Å². The van der Waals surface area contributed by atoms with Gasteiger partial charge in [0, 0.05) is 19.1 Å². The fraction of sp³-hybridized carbons (Fsp3) is 0.909. The SMILES string of the molecule is CCNC(=O)CN(CCCN)C1CCC1. The molecule has 1 saturated carbocycles. The summed E-state index contributed by atoms with van der Waals surface area (Å²) >= 11 is 0. The van der Waals surface area contributed by atoms with Crippen molar-refractivity contribution in [2.45, 2.75) is 38.6 Å². The van der Waals surface area contributed by atoms with Crippen LogP contribution in [0.4, 0.5) is 0 Å². The van der Waals surface area contributed by atoms with Gasteiger partial charge in [0.05, 0.1) is 6.54 Å². The van der Waals surface area contributed by atoms with Crippen LogP contribution in [0.15, 0.2) is 0 Å². The Bertz CT molecular complexity index is 192. The summed E-state index contributed by atoms with van der Waals surface area (Å²) in [6.07, 6.45) is 4.77. The zero-order chi connectivity index (χ0) is 11.1. The van der Waals surface area contributed by atoms with Crippen molar-refractivity contribution in [1.82, 2.24) is 10.2 Å². The molecule has 0 saturated heterocycles. The lowest BCUT2D eigenvalue weighted by Gasteiger charge is -2.37. The summed E-state index contributed by atoms with van der Waals surface area (Å²) in [7, 11) is 0. The first-order valence-electron chi connectivity index (χ1n) is 5.98. The smallest absolute Gasteiger partial charge is 0.234 e. The third-order valence-corrected chi connectivity index (χ3v) is 2.96. The third-order valence-electron chi connectivity index (χ3n) is 2.96. The minimum atomic E-state index is 0.140. The Morgan fingerprint density at radius 1 is 1.53 bits per heavy atom. The van der Waals surface area contributed by atoms with Gasteiger partial charge in [-0.1, -0.05) is 6.42 Å². The summed E-state index contributed by atoms with van der Waals surface area (Å²) in [6.45, 7) is 4.87. The molecule has 0 heterocycles. The summed E-state index contributed by atoms with van der Waals surface area (Å²) in [5, 5.41) is 2.84. The molecule has 0 aliphatic heterocycles. The van der Waals surface area contributed by atoms with E-state index in [0.717, 1.165) is 13.0 Å². The van der Waals surface area contributed by atoms with Gasteiger partial charge in [-0.2, -0.15) is 0 Å². The quantitative estimate of drug-likeness (QED) is 0.640. The molecule has 1 amide bonds. The Balaban J connectivity index is 2.30. The normalized spacial score (nSPS) is 16.5. The Morgan fingerprint density at radius 2 is 2.27 bits per heavy atom. The Morgan fingerprint density at radius 3 is 2.73 bits per heavy atom. The van der Waals surface area contributed by atoms with Gasteiger partial charge in [-0.3, -0.25) is 9.69 Å². The fourth-order valence-electron chi connectivity index (χ4n) is 1.87. The largest absolute Gasteiger partial charge is 0.355 e. The molecule has 1 rings (SSSR count). The van der Waals surface area contributed by atoms with E-state index >= 15 is 0 Å². The lowest BCUT2D eigenvalue weighted by atomic mass is 9.91. The predicted molar refractivity (Wildman–Crippen MR) is 61.6 cm³/mol. The molecule has 3 N–H and O–H groups in total. The van der Waals surface area contributed by atoms with E-state index in [1.807, 2.05) is 6.92 Å². The second kappa shape index (κ2) is 6.80. The average Bonchev–Trinajstić information content (AvgIpc) is 2.11. The molecule has 0 unspecified atom stereocenters. The summed E-state index contributed by atoms with van der Waals surface area (Å²) < 4.78 is 0. The molecule has 1 aliphatic carbocycles. The number of nitrogens with zero attached hydrogens (tertiary/aromatic N) is 1. The van der Waals surface area contributed by atoms with Gasteiger partial charge in [-0.15, -0.1) is 0 Å². The number of nitrogens with one attached hydrogen (secondary N) is 1. The zero-order valence-electron chi connectivity index (χ0n) is 9.67. The topological polar surface area (TPSA) is 58.4 Å². The zero-order valence-corrected chi connectivity index (χ0v) is 9.67. The molecule has 0 atom stereocenters. The molecule has 1 aliphatic rings. The summed E-state index contributed by atoms with van der Waals surface area (Å²) in [5.41, 5.74) is 5.50. The maximum absolute atomic E-state index is 11.5. The second-order valence-electron chi connectivity index (χ2n) is 4.15. The maximum atomic E-state index is 11.5. The first kappa shape index (κ1) is 12.5. The first-order valence-corrected chi connectivity index (χ1v) is 5.98. The highest BCUT2D eigenvalue weighted by atomic mass is 16.2. The van der Waals surface area contributed by atoms with E-state index in [-0.39, 0.29) is 5.91 Å². The molecule has 15 heavy (non-hydrogen) atoms. The van der Waals surface area contributed by atoms with E-state index in [9.17, 15) is 4.79 Å². The maximum Gasteiger partial charge on any atom is 0.234 e. The highest BCUT2D eigenvalue weighted by Gasteiger charge is 2.25. The van der Waals surface area contributed by atoms with Crippen LogP contribution in [0.25, 0.3) is 0 Å². The summed E-state index contributed by atoms with van der Waals surface area (Å²) in [4.78, 5) is 13.8. The summed E-state index contributed by atoms with van der Waals surface area (Å²) in [6, 6.07) is 0.624. The molecular formula is C11H23N3O. The average molecular weight is 213 g/mol. The molecule has 0 aromatic heterocycles. The number of nitrogens with two attached hydrogens (primary N) is 1. The van der Waals surface area contributed by atoms with Crippen LogP contribution in [0.2, 0.25) is 0 Å². The Labute approximate surface area is 92.2 Å². The van der Waals surface area contributed by atoms with E-state index in [1.54, 1.807) is 0 Å². The van der Waals surface area contributed by atoms with Crippen molar-refractivity contribution in [1.29, 1.82) is 0 Å². The number of carbonyl (C=O) groups is 1. The highest BCUT2D eigenvalue weighted by molar-refractivity contribution is 5.77. The molecule has 0 aromatic carbocycles. The second-order valence-corrected chi connectivity index (χ2v) is 4.15. The standard InChI is InChI=1S/C11H23N3O/c1-2-13-11(15)9-14(8-4-7-12)10-5-3-6-10/h10H,2-9,12H2,1H3,(H,13,15). The van der Waals surface area contributed by atoms with Crippen LogP contribution in [0.5, 0.6) is 0 Å². The van der Waals surface area contributed by atoms with Crippen LogP contribution in [0.3, 0.4) is 0 Å². The van der Waals surface area contributed by atoms with Crippen LogP contribution in [-0.4, -0.2) is 43.0 Å². The van der Waals surface area contributed by atoms with Crippen LogP contribution in [0.1, 0.15) is 32.6 Å². The van der Waals surface area contributed by atoms with Crippen molar-refractivity contribution in [2.75, 3.05) is 26.2 Å². The number of hydrogen-bond acceptors (Lipinski definition) is 3. The number of amides is 1. The lowest BCUT2D eigenvalue weighted by Crippen LogP contribution is -2.46. The van der Waals surface area contributed by atoms with Gasteiger partial charge in [-0.25, -0.2) is 0 Å². The third kappa shape index (κ3) is 4.18. The Hall–Kier alpha value is -0.610. The molecule has 0 spiro atoms. The van der Waals surface area contributed by atoms with Crippen LogP contribution in [0, 0.1) is 0 Å². The number of hydrogen-bond donors (Lipinski definition) is 2. The molecule has 4 nitrogen and oxygen atoms in total. The minimum absolute atomic E-state index is 0.140. The number of rotatable bonds is 7. The van der Waals surface area contributed by atoms with Gasteiger partial charge < -0.3 is 11.1 Å². The van der Waals surface area contributed by atoms with Crippen molar-refractivity contribution in [3.8, 4) is 0 Å². The van der Waals surface area contributed by atoms with E-state index in [4.69, 9.17) is 5.73 Å². The van der Waals surface area contributed by atoms with Gasteiger partial charge in [0.1, 0.15) is 0 Å². The van der Waals surface area contributed by atoms with E-state index in [1.165, 1.54) is 19.3 Å². The van der Waals surface area contributed by atoms with Gasteiger partial charge in [0.15, 0.2) is 0 Å². The molecule has 0 radical (unpaired) electrons. The van der Waals surface area contributed by atoms with Crippen molar-refractivity contribution in [3.05, 3.63) is 0 Å². The minimum Gasteiger partial charge on any atom is -0.355 e. The monoisotopic (exact) mass is 213 g/mol. The van der Waals surface area contributed by atoms with Crippen molar-refractivity contribution in [2.24, 2.45) is 5.73 Å². The fourth-order valence-corrected chi connectivity index (χ4v) is 1.87. The highest BCUT2D eigenvalue weighted by Crippen LogP contribution is 2.24. The number of carbonyl (C=O) groups excluding carboxylic acids is 1. The molecule has 1 fully saturated rings. The molecule has 0 aromatic rings. The van der Waals surface area contributed by atoms with Crippen molar-refractivity contribution >= 4 is 5.91 Å². The van der Waals surface area contributed by atoms with E-state index in [2.05, 4.69) is 10.2 Å². The van der Waals surface area contributed by atoms with E-state index < -0.39 is 0 Å². The summed E-state index contributed by atoms with van der Waals surface area (Å²) in [5.74, 6) is 0.140. The van der Waals surface area contributed by atoms with Crippen LogP contribution < -0.4 is 11.1 Å². The molecule has 0 bridgehead atoms. The van der Waals surface area contributed by atoms with Crippen molar-refractivity contribution in [3.63, 3.8) is 0 Å². The first-order chi connectivity index (χ1) is 7.27. The number of likely N-dealkylation sites (N-methyl/N-ethyl adjacent to an activating group) is 1. The lowest BCUT2D eigenvalue weighted by molar-refractivity contribution is -0.123. The molecule has 88 valence electrons. The van der Waals surface area contributed by atoms with Gasteiger partial charge >= 0.3 is 0 Å². The van der Waals surface area contributed by atoms with Gasteiger partial charge in [0.25, 0.3) is 0 Å². The predicted octanol–water partition coefficient (Wildman–Crippen LogP) is 0.326.